The second-order valence-electron chi connectivity index (χ2n) is 6.33. The van der Waals surface area contributed by atoms with Gasteiger partial charge in [0.15, 0.2) is 0 Å². The Hall–Kier alpha value is -0.910. The molecule has 5 heteroatoms. The van der Waals surface area contributed by atoms with Gasteiger partial charge in [-0.1, -0.05) is 24.6 Å². The van der Waals surface area contributed by atoms with Crippen molar-refractivity contribution in [1.82, 2.24) is 4.31 Å². The first-order valence-corrected chi connectivity index (χ1v) is 8.42. The quantitative estimate of drug-likeness (QED) is 0.927. The smallest absolute Gasteiger partial charge is 0.243 e. The SMILES string of the molecule is Cc1cc(C)c(S(=O)(=O)N2CCC(C)(CN)C2)c(C)c1. The number of sulfonamides is 1. The highest BCUT2D eigenvalue weighted by Crippen LogP contribution is 2.34. The fourth-order valence-corrected chi connectivity index (χ4v) is 5.06. The Morgan fingerprint density at radius 2 is 1.80 bits per heavy atom. The van der Waals surface area contributed by atoms with Crippen molar-refractivity contribution in [1.29, 1.82) is 0 Å². The molecule has 2 rings (SSSR count). The molecule has 1 fully saturated rings. The first kappa shape index (κ1) is 15.5. The molecule has 112 valence electrons. The van der Waals surface area contributed by atoms with E-state index in [9.17, 15) is 8.42 Å². The molecule has 1 unspecified atom stereocenters. The number of nitrogens with zero attached hydrogens (tertiary/aromatic N) is 1. The predicted molar refractivity (Wildman–Crippen MR) is 81.2 cm³/mol. The third-order valence-electron chi connectivity index (χ3n) is 4.22. The first-order valence-electron chi connectivity index (χ1n) is 6.98. The lowest BCUT2D eigenvalue weighted by atomic mass is 9.90. The Morgan fingerprint density at radius 1 is 1.25 bits per heavy atom. The molecule has 1 aromatic rings. The molecule has 0 aromatic heterocycles. The molecular weight excluding hydrogens is 272 g/mol. The van der Waals surface area contributed by atoms with Gasteiger partial charge in [0.1, 0.15) is 0 Å². The van der Waals surface area contributed by atoms with E-state index >= 15 is 0 Å². The Kier molecular flexibility index (Phi) is 3.97. The molecule has 20 heavy (non-hydrogen) atoms. The van der Waals surface area contributed by atoms with Crippen LogP contribution < -0.4 is 5.73 Å². The molecule has 0 amide bonds. The third kappa shape index (κ3) is 2.62. The van der Waals surface area contributed by atoms with E-state index in [-0.39, 0.29) is 5.41 Å². The third-order valence-corrected chi connectivity index (χ3v) is 6.37. The summed E-state index contributed by atoms with van der Waals surface area (Å²) in [6.07, 6.45) is 0.826. The Labute approximate surface area is 122 Å². The van der Waals surface area contributed by atoms with Crippen molar-refractivity contribution in [3.8, 4) is 0 Å². The minimum absolute atomic E-state index is 0.0976. The Bertz CT molecular complexity index is 602. The minimum Gasteiger partial charge on any atom is -0.330 e. The highest BCUT2D eigenvalue weighted by Gasteiger charge is 2.39. The standard InChI is InChI=1S/C15H24N2O2S/c1-11-7-12(2)14(13(3)8-11)20(18,19)17-6-5-15(4,9-16)10-17/h7-8H,5-6,9-10,16H2,1-4H3. The molecule has 0 radical (unpaired) electrons. The second kappa shape index (κ2) is 5.13. The van der Waals surface area contributed by atoms with Crippen LogP contribution in [0.3, 0.4) is 0 Å². The van der Waals surface area contributed by atoms with Gasteiger partial charge >= 0.3 is 0 Å². The average Bonchev–Trinajstić information content (AvgIpc) is 2.71. The lowest BCUT2D eigenvalue weighted by Gasteiger charge is -2.23. The summed E-state index contributed by atoms with van der Waals surface area (Å²) in [6, 6.07) is 3.86. The van der Waals surface area contributed by atoms with Crippen molar-refractivity contribution >= 4 is 10.0 Å². The summed E-state index contributed by atoms with van der Waals surface area (Å²) in [5.41, 5.74) is 8.41. The molecule has 4 nitrogen and oxygen atoms in total. The summed E-state index contributed by atoms with van der Waals surface area (Å²) in [4.78, 5) is 0.462. The second-order valence-corrected chi connectivity index (χ2v) is 8.21. The van der Waals surface area contributed by atoms with Gasteiger partial charge in [-0.25, -0.2) is 8.42 Å². The van der Waals surface area contributed by atoms with E-state index in [0.717, 1.165) is 23.1 Å². The van der Waals surface area contributed by atoms with Crippen LogP contribution in [0.25, 0.3) is 0 Å². The maximum atomic E-state index is 12.9. The lowest BCUT2D eigenvalue weighted by Crippen LogP contribution is -2.35. The van der Waals surface area contributed by atoms with Gasteiger partial charge in [-0.15, -0.1) is 0 Å². The molecule has 0 saturated carbocycles. The van der Waals surface area contributed by atoms with Crippen molar-refractivity contribution in [2.75, 3.05) is 19.6 Å². The summed E-state index contributed by atoms with van der Waals surface area (Å²) in [5.74, 6) is 0. The number of hydrogen-bond acceptors (Lipinski definition) is 3. The zero-order valence-corrected chi connectivity index (χ0v) is 13.5. The van der Waals surface area contributed by atoms with Crippen molar-refractivity contribution < 1.29 is 8.42 Å². The predicted octanol–water partition coefficient (Wildman–Crippen LogP) is 1.97. The van der Waals surface area contributed by atoms with E-state index in [1.807, 2.05) is 32.9 Å². The largest absolute Gasteiger partial charge is 0.330 e. The van der Waals surface area contributed by atoms with Crippen molar-refractivity contribution in [2.45, 2.75) is 39.0 Å². The average molecular weight is 296 g/mol. The van der Waals surface area contributed by atoms with Crippen LogP contribution >= 0.6 is 0 Å². The highest BCUT2D eigenvalue weighted by atomic mass is 32.2. The fraction of sp³-hybridized carbons (Fsp3) is 0.600. The lowest BCUT2D eigenvalue weighted by molar-refractivity contribution is 0.349. The molecule has 0 bridgehead atoms. The van der Waals surface area contributed by atoms with Crippen LogP contribution in [-0.4, -0.2) is 32.4 Å². The summed E-state index contributed by atoms with van der Waals surface area (Å²) in [7, 11) is -3.42. The van der Waals surface area contributed by atoms with Gasteiger partial charge in [-0.2, -0.15) is 4.31 Å². The summed E-state index contributed by atoms with van der Waals surface area (Å²) in [6.45, 7) is 9.36. The van der Waals surface area contributed by atoms with E-state index < -0.39 is 10.0 Å². The van der Waals surface area contributed by atoms with E-state index in [2.05, 4.69) is 6.92 Å². The normalized spacial score (nSPS) is 24.2. The monoisotopic (exact) mass is 296 g/mol. The molecule has 0 aliphatic carbocycles. The van der Waals surface area contributed by atoms with Crippen molar-refractivity contribution in [3.63, 3.8) is 0 Å². The molecular formula is C15H24N2O2S. The van der Waals surface area contributed by atoms with Crippen LogP contribution in [0.15, 0.2) is 17.0 Å². The molecule has 1 saturated heterocycles. The number of rotatable bonds is 3. The molecule has 1 aliphatic rings. The molecule has 1 aromatic carbocycles. The number of nitrogens with two attached hydrogens (primary N) is 1. The van der Waals surface area contributed by atoms with Crippen LogP contribution in [0, 0.1) is 26.2 Å². The van der Waals surface area contributed by atoms with Gasteiger partial charge in [0.25, 0.3) is 0 Å². The zero-order valence-electron chi connectivity index (χ0n) is 12.7. The maximum Gasteiger partial charge on any atom is 0.243 e. The molecule has 0 spiro atoms. The Balaban J connectivity index is 2.43. The van der Waals surface area contributed by atoms with E-state index in [1.165, 1.54) is 0 Å². The highest BCUT2D eigenvalue weighted by molar-refractivity contribution is 7.89. The molecule has 1 atom stereocenters. The van der Waals surface area contributed by atoms with E-state index in [4.69, 9.17) is 5.73 Å². The summed E-state index contributed by atoms with van der Waals surface area (Å²) in [5, 5.41) is 0. The molecule has 2 N–H and O–H groups in total. The topological polar surface area (TPSA) is 63.4 Å². The van der Waals surface area contributed by atoms with Gasteiger partial charge in [0.2, 0.25) is 10.0 Å². The van der Waals surface area contributed by atoms with Crippen LogP contribution in [0.1, 0.15) is 30.0 Å². The van der Waals surface area contributed by atoms with E-state index in [0.29, 0.717) is 24.5 Å². The van der Waals surface area contributed by atoms with Crippen molar-refractivity contribution in [2.24, 2.45) is 11.1 Å². The van der Waals surface area contributed by atoms with Gasteiger partial charge in [-0.3, -0.25) is 0 Å². The fourth-order valence-electron chi connectivity index (χ4n) is 3.05. The first-order chi connectivity index (χ1) is 9.19. The van der Waals surface area contributed by atoms with Gasteiger partial charge in [0, 0.05) is 13.1 Å². The van der Waals surface area contributed by atoms with Crippen LogP contribution in [0.2, 0.25) is 0 Å². The number of hydrogen-bond donors (Lipinski definition) is 1. The zero-order chi connectivity index (χ0) is 15.1. The van der Waals surface area contributed by atoms with Crippen LogP contribution in [0.5, 0.6) is 0 Å². The van der Waals surface area contributed by atoms with Crippen molar-refractivity contribution in [3.05, 3.63) is 28.8 Å². The van der Waals surface area contributed by atoms with Crippen LogP contribution in [0.4, 0.5) is 0 Å². The molecule has 1 heterocycles. The van der Waals surface area contributed by atoms with Gasteiger partial charge in [0.05, 0.1) is 4.90 Å². The summed E-state index contributed by atoms with van der Waals surface area (Å²) >= 11 is 0. The van der Waals surface area contributed by atoms with Gasteiger partial charge in [-0.05, 0) is 50.3 Å². The van der Waals surface area contributed by atoms with Gasteiger partial charge < -0.3 is 5.73 Å². The number of aryl methyl sites for hydroxylation is 3. The molecule has 1 aliphatic heterocycles. The minimum atomic E-state index is -3.42. The van der Waals surface area contributed by atoms with Crippen LogP contribution in [-0.2, 0) is 10.0 Å². The maximum absolute atomic E-state index is 12.9. The number of benzene rings is 1. The van der Waals surface area contributed by atoms with E-state index in [1.54, 1.807) is 4.31 Å². The Morgan fingerprint density at radius 3 is 2.25 bits per heavy atom. The summed E-state index contributed by atoms with van der Waals surface area (Å²) < 4.78 is 27.3.